The van der Waals surface area contributed by atoms with Crippen molar-refractivity contribution in [3.05, 3.63) is 59.9 Å². The Hall–Kier alpha value is -2.69. The van der Waals surface area contributed by atoms with Crippen LogP contribution < -0.4 is 10.6 Å². The van der Waals surface area contributed by atoms with Crippen molar-refractivity contribution in [1.29, 1.82) is 0 Å². The van der Waals surface area contributed by atoms with Gasteiger partial charge in [0.05, 0.1) is 6.04 Å². The molecule has 2 N–H and O–H groups in total. The molecule has 0 saturated carbocycles. The van der Waals surface area contributed by atoms with Crippen LogP contribution in [-0.4, -0.2) is 16.8 Å². The molecular formula is C19H21N3O2. The van der Waals surface area contributed by atoms with Crippen molar-refractivity contribution in [2.75, 3.05) is 5.32 Å². The first-order chi connectivity index (χ1) is 11.6. The van der Waals surface area contributed by atoms with E-state index in [1.807, 2.05) is 43.3 Å². The first-order valence-corrected chi connectivity index (χ1v) is 8.21. The molecule has 2 heterocycles. The zero-order chi connectivity index (χ0) is 16.9. The zero-order valence-electron chi connectivity index (χ0n) is 13.7. The molecule has 0 fully saturated rings. The fraction of sp³-hybridized carbons (Fsp3) is 0.316. The molecule has 2 atom stereocenters. The zero-order valence-corrected chi connectivity index (χ0v) is 13.7. The van der Waals surface area contributed by atoms with Crippen molar-refractivity contribution in [1.82, 2.24) is 10.3 Å². The number of nitrogens with zero attached hydrogens (tertiary/aromatic N) is 1. The number of fused-ring (bicyclic) bond motifs is 1. The van der Waals surface area contributed by atoms with E-state index in [0.29, 0.717) is 19.3 Å². The summed E-state index contributed by atoms with van der Waals surface area (Å²) in [6.07, 6.45) is 5.03. The summed E-state index contributed by atoms with van der Waals surface area (Å²) in [6.45, 7) is 1.93. The van der Waals surface area contributed by atoms with Crippen LogP contribution in [0.5, 0.6) is 0 Å². The number of para-hydroxylation sites is 1. The predicted octanol–water partition coefficient (Wildman–Crippen LogP) is 2.85. The van der Waals surface area contributed by atoms with E-state index in [1.54, 1.807) is 12.4 Å². The predicted molar refractivity (Wildman–Crippen MR) is 92.3 cm³/mol. The third-order valence-electron chi connectivity index (χ3n) is 4.39. The lowest BCUT2D eigenvalue weighted by molar-refractivity contribution is -0.123. The highest BCUT2D eigenvalue weighted by molar-refractivity contribution is 5.96. The van der Waals surface area contributed by atoms with Crippen LogP contribution >= 0.6 is 0 Å². The van der Waals surface area contributed by atoms with Crippen molar-refractivity contribution in [3.63, 3.8) is 0 Å². The molecule has 124 valence electrons. The third-order valence-corrected chi connectivity index (χ3v) is 4.39. The molecule has 0 radical (unpaired) electrons. The summed E-state index contributed by atoms with van der Waals surface area (Å²) in [5.41, 5.74) is 2.98. The number of benzene rings is 1. The maximum atomic E-state index is 12.2. The number of amides is 2. The average Bonchev–Trinajstić information content (AvgIpc) is 2.60. The lowest BCUT2D eigenvalue weighted by Gasteiger charge is -2.24. The number of carbonyl (C=O) groups excluding carboxylic acids is 2. The van der Waals surface area contributed by atoms with Gasteiger partial charge in [0, 0.05) is 30.4 Å². The Morgan fingerprint density at radius 2 is 2.17 bits per heavy atom. The second-order valence-electron chi connectivity index (χ2n) is 6.16. The minimum atomic E-state index is -0.153. The highest BCUT2D eigenvalue weighted by Gasteiger charge is 2.26. The molecule has 1 aliphatic rings. The van der Waals surface area contributed by atoms with Crippen LogP contribution in [0.1, 0.15) is 36.9 Å². The summed E-state index contributed by atoms with van der Waals surface area (Å²) in [5.74, 6) is -0.195. The van der Waals surface area contributed by atoms with Gasteiger partial charge in [-0.15, -0.1) is 0 Å². The number of rotatable bonds is 5. The van der Waals surface area contributed by atoms with Crippen LogP contribution in [0.15, 0.2) is 48.8 Å². The SMILES string of the molecule is CC(NC(=O)CCC1Cc2ccccc2NC1=O)c1cccnc1. The second-order valence-corrected chi connectivity index (χ2v) is 6.16. The van der Waals surface area contributed by atoms with Crippen LogP contribution in [0.3, 0.4) is 0 Å². The van der Waals surface area contributed by atoms with Crippen molar-refractivity contribution in [2.24, 2.45) is 5.92 Å². The summed E-state index contributed by atoms with van der Waals surface area (Å²) >= 11 is 0. The number of aromatic nitrogens is 1. The second kappa shape index (κ2) is 7.25. The van der Waals surface area contributed by atoms with Gasteiger partial charge < -0.3 is 10.6 Å². The standard InChI is InChI=1S/C19H21N3O2/c1-13(16-6-4-10-20-12-16)21-18(23)9-8-15-11-14-5-2-3-7-17(14)22-19(15)24/h2-7,10,12-13,15H,8-9,11H2,1H3,(H,21,23)(H,22,24). The molecule has 2 unspecified atom stereocenters. The number of anilines is 1. The van der Waals surface area contributed by atoms with Crippen molar-refractivity contribution in [2.45, 2.75) is 32.2 Å². The molecule has 0 spiro atoms. The Kier molecular flexibility index (Phi) is 4.89. The summed E-state index contributed by atoms with van der Waals surface area (Å²) < 4.78 is 0. The number of hydrogen-bond acceptors (Lipinski definition) is 3. The Morgan fingerprint density at radius 3 is 2.96 bits per heavy atom. The van der Waals surface area contributed by atoms with E-state index in [-0.39, 0.29) is 23.8 Å². The first kappa shape index (κ1) is 16.2. The molecule has 2 aromatic rings. The Morgan fingerprint density at radius 1 is 1.33 bits per heavy atom. The van der Waals surface area contributed by atoms with Gasteiger partial charge in [0.2, 0.25) is 11.8 Å². The lowest BCUT2D eigenvalue weighted by Crippen LogP contribution is -2.32. The highest BCUT2D eigenvalue weighted by Crippen LogP contribution is 2.27. The van der Waals surface area contributed by atoms with E-state index in [0.717, 1.165) is 16.8 Å². The van der Waals surface area contributed by atoms with Gasteiger partial charge in [-0.05, 0) is 43.0 Å². The Balaban J connectivity index is 1.52. The van der Waals surface area contributed by atoms with Crippen LogP contribution in [-0.2, 0) is 16.0 Å². The minimum absolute atomic E-state index is 0.00167. The molecule has 5 nitrogen and oxygen atoms in total. The molecule has 0 aliphatic carbocycles. The fourth-order valence-electron chi connectivity index (χ4n) is 2.98. The van der Waals surface area contributed by atoms with E-state index in [4.69, 9.17) is 0 Å². The van der Waals surface area contributed by atoms with Gasteiger partial charge in [0.15, 0.2) is 0 Å². The van der Waals surface area contributed by atoms with Crippen LogP contribution in [0.4, 0.5) is 5.69 Å². The van der Waals surface area contributed by atoms with Gasteiger partial charge in [0.1, 0.15) is 0 Å². The van der Waals surface area contributed by atoms with Gasteiger partial charge in [0.25, 0.3) is 0 Å². The molecule has 2 amide bonds. The van der Waals surface area contributed by atoms with Gasteiger partial charge in [-0.2, -0.15) is 0 Å². The van der Waals surface area contributed by atoms with E-state index in [9.17, 15) is 9.59 Å². The maximum absolute atomic E-state index is 12.2. The molecule has 1 aromatic carbocycles. The number of carbonyl (C=O) groups is 2. The van der Waals surface area contributed by atoms with Crippen molar-refractivity contribution in [3.8, 4) is 0 Å². The lowest BCUT2D eigenvalue weighted by atomic mass is 9.89. The molecule has 5 heteroatoms. The van der Waals surface area contributed by atoms with E-state index in [2.05, 4.69) is 15.6 Å². The third kappa shape index (κ3) is 3.79. The summed E-state index contributed by atoms with van der Waals surface area (Å²) in [7, 11) is 0. The van der Waals surface area contributed by atoms with Crippen molar-refractivity contribution < 1.29 is 9.59 Å². The van der Waals surface area contributed by atoms with Crippen LogP contribution in [0.25, 0.3) is 0 Å². The molecule has 0 bridgehead atoms. The minimum Gasteiger partial charge on any atom is -0.350 e. The molecule has 1 aromatic heterocycles. The van der Waals surface area contributed by atoms with Gasteiger partial charge in [-0.1, -0.05) is 24.3 Å². The maximum Gasteiger partial charge on any atom is 0.227 e. The van der Waals surface area contributed by atoms with Crippen LogP contribution in [0, 0.1) is 5.92 Å². The fourth-order valence-corrected chi connectivity index (χ4v) is 2.98. The van der Waals surface area contributed by atoms with E-state index >= 15 is 0 Å². The smallest absolute Gasteiger partial charge is 0.227 e. The van der Waals surface area contributed by atoms with Crippen LogP contribution in [0.2, 0.25) is 0 Å². The number of nitrogens with one attached hydrogen (secondary N) is 2. The molecule has 3 rings (SSSR count). The van der Waals surface area contributed by atoms with Crippen molar-refractivity contribution >= 4 is 17.5 Å². The molecule has 1 aliphatic heterocycles. The van der Waals surface area contributed by atoms with Gasteiger partial charge >= 0.3 is 0 Å². The highest BCUT2D eigenvalue weighted by atomic mass is 16.2. The van der Waals surface area contributed by atoms with E-state index in [1.165, 1.54) is 0 Å². The normalized spacial score (nSPS) is 17.5. The quantitative estimate of drug-likeness (QED) is 0.889. The Labute approximate surface area is 141 Å². The largest absolute Gasteiger partial charge is 0.350 e. The number of pyridine rings is 1. The topological polar surface area (TPSA) is 71.1 Å². The van der Waals surface area contributed by atoms with Gasteiger partial charge in [-0.3, -0.25) is 14.6 Å². The first-order valence-electron chi connectivity index (χ1n) is 8.21. The molecule has 24 heavy (non-hydrogen) atoms. The summed E-state index contributed by atoms with van der Waals surface area (Å²) in [4.78, 5) is 28.4. The summed E-state index contributed by atoms with van der Waals surface area (Å²) in [5, 5.41) is 5.88. The average molecular weight is 323 g/mol. The van der Waals surface area contributed by atoms with E-state index < -0.39 is 0 Å². The number of hydrogen-bond donors (Lipinski definition) is 2. The van der Waals surface area contributed by atoms with Gasteiger partial charge in [-0.25, -0.2) is 0 Å². The molecular weight excluding hydrogens is 302 g/mol. The Bertz CT molecular complexity index is 730. The molecule has 0 saturated heterocycles. The summed E-state index contributed by atoms with van der Waals surface area (Å²) in [6, 6.07) is 11.5. The monoisotopic (exact) mass is 323 g/mol.